The van der Waals surface area contributed by atoms with E-state index in [0.29, 0.717) is 11.3 Å². The van der Waals surface area contributed by atoms with Gasteiger partial charge in [-0.05, 0) is 23.3 Å². The van der Waals surface area contributed by atoms with Crippen LogP contribution in [0.25, 0.3) is 6.08 Å². The Morgan fingerprint density at radius 2 is 1.60 bits per heavy atom. The lowest BCUT2D eigenvalue weighted by atomic mass is 9.69. The zero-order valence-corrected chi connectivity index (χ0v) is 18.3. The Morgan fingerprint density at radius 1 is 0.914 bits per heavy atom. The number of hydrogen-bond donors (Lipinski definition) is 0. The number of ketones is 1. The molecule has 5 rings (SSSR count). The number of anilines is 1. The van der Waals surface area contributed by atoms with Crippen molar-refractivity contribution in [3.63, 3.8) is 0 Å². The number of carbonyl (C=O) groups excluding carboxylic acids is 1. The van der Waals surface area contributed by atoms with Gasteiger partial charge in [-0.15, -0.1) is 0 Å². The van der Waals surface area contributed by atoms with Crippen LogP contribution in [0.3, 0.4) is 0 Å². The maximum Gasteiger partial charge on any atom is 0.416 e. The Kier molecular flexibility index (Phi) is 5.22. The number of halogens is 3. The van der Waals surface area contributed by atoms with Gasteiger partial charge in [-0.1, -0.05) is 78.9 Å². The van der Waals surface area contributed by atoms with E-state index in [1.54, 1.807) is 59.5 Å². The van der Waals surface area contributed by atoms with Crippen LogP contribution < -0.4 is 4.90 Å². The molecule has 2 aliphatic rings. The van der Waals surface area contributed by atoms with Crippen LogP contribution in [-0.2, 0) is 6.18 Å². The van der Waals surface area contributed by atoms with Crippen molar-refractivity contribution in [3.05, 3.63) is 107 Å². The fourth-order valence-electron chi connectivity index (χ4n) is 5.29. The summed E-state index contributed by atoms with van der Waals surface area (Å²) in [6.07, 6.45) is -1.12. The van der Waals surface area contributed by atoms with Crippen molar-refractivity contribution in [1.82, 2.24) is 0 Å². The molecule has 3 aromatic carbocycles. The fourth-order valence-corrected chi connectivity index (χ4v) is 5.29. The highest BCUT2D eigenvalue weighted by Gasteiger charge is 2.63. The van der Waals surface area contributed by atoms with Crippen LogP contribution in [0.4, 0.5) is 18.9 Å². The standard InChI is InChI=1S/C28H18F3N3O/c29-28(30,31)21-11-6-10-20(15-21)24-25(26(35)19-8-2-1-3-9-19)34-22-12-5-4-7-18(22)13-14-23(34)27(24,16-32)17-33/h1-15,23-25H/t23-,24-,25-/m1/s1. The molecule has 3 atom stereocenters. The first-order chi connectivity index (χ1) is 16.8. The van der Waals surface area contributed by atoms with Gasteiger partial charge in [0.15, 0.2) is 11.2 Å². The number of para-hydroxylation sites is 1. The molecule has 1 fully saturated rings. The molecule has 2 heterocycles. The molecule has 7 heteroatoms. The SMILES string of the molecule is N#CC1(C#N)[C@H](c2cccc(C(F)(F)F)c2)[C@H](C(=O)c2ccccc2)N2c3ccccc3C=C[C@@H]21. The highest BCUT2D eigenvalue weighted by Crippen LogP contribution is 2.55. The highest BCUT2D eigenvalue weighted by atomic mass is 19.4. The van der Waals surface area contributed by atoms with Gasteiger partial charge in [-0.3, -0.25) is 4.79 Å². The maximum atomic E-state index is 14.0. The molecule has 0 spiro atoms. The van der Waals surface area contributed by atoms with E-state index in [9.17, 15) is 28.5 Å². The van der Waals surface area contributed by atoms with Gasteiger partial charge >= 0.3 is 6.18 Å². The molecule has 0 unspecified atom stereocenters. The molecule has 35 heavy (non-hydrogen) atoms. The topological polar surface area (TPSA) is 67.9 Å². The first-order valence-electron chi connectivity index (χ1n) is 11.0. The number of alkyl halides is 3. The summed E-state index contributed by atoms with van der Waals surface area (Å²) in [5.74, 6) is -1.50. The normalized spacial score (nSPS) is 22.0. The Labute approximate surface area is 200 Å². The highest BCUT2D eigenvalue weighted by molar-refractivity contribution is 6.04. The van der Waals surface area contributed by atoms with Gasteiger partial charge in [-0.2, -0.15) is 23.7 Å². The molecule has 0 N–H and O–H groups in total. The summed E-state index contributed by atoms with van der Waals surface area (Å²) in [5, 5.41) is 20.7. The van der Waals surface area contributed by atoms with Gasteiger partial charge in [0.25, 0.3) is 0 Å². The Balaban J connectivity index is 1.79. The van der Waals surface area contributed by atoms with Gasteiger partial charge in [0.1, 0.15) is 6.04 Å². The van der Waals surface area contributed by atoms with Crippen molar-refractivity contribution in [2.45, 2.75) is 24.2 Å². The maximum absolute atomic E-state index is 14.0. The number of carbonyl (C=O) groups is 1. The molecule has 0 bridgehead atoms. The van der Waals surface area contributed by atoms with E-state index in [0.717, 1.165) is 17.7 Å². The van der Waals surface area contributed by atoms with E-state index in [4.69, 9.17) is 0 Å². The van der Waals surface area contributed by atoms with Crippen LogP contribution in [0.15, 0.2) is 84.9 Å². The second-order valence-electron chi connectivity index (χ2n) is 8.64. The van der Waals surface area contributed by atoms with E-state index >= 15 is 0 Å². The minimum absolute atomic E-state index is 0.123. The van der Waals surface area contributed by atoms with Crippen molar-refractivity contribution >= 4 is 17.5 Å². The van der Waals surface area contributed by atoms with E-state index < -0.39 is 35.2 Å². The average molecular weight is 469 g/mol. The van der Waals surface area contributed by atoms with Gasteiger partial charge in [0.2, 0.25) is 0 Å². The molecule has 0 aliphatic carbocycles. The first kappa shape index (κ1) is 22.4. The Bertz CT molecular complexity index is 1400. The van der Waals surface area contributed by atoms with Crippen molar-refractivity contribution in [2.75, 3.05) is 4.90 Å². The molecule has 0 aromatic heterocycles. The average Bonchev–Trinajstić information content (AvgIpc) is 3.19. The zero-order valence-electron chi connectivity index (χ0n) is 18.3. The molecule has 0 saturated carbocycles. The number of rotatable bonds is 3. The number of benzene rings is 3. The van der Waals surface area contributed by atoms with Gasteiger partial charge < -0.3 is 4.90 Å². The number of Topliss-reactive ketones (excluding diaryl/α,β-unsaturated/α-hetero) is 1. The van der Waals surface area contributed by atoms with Crippen LogP contribution in [0.5, 0.6) is 0 Å². The third-order valence-electron chi connectivity index (χ3n) is 6.82. The van der Waals surface area contributed by atoms with Crippen LogP contribution in [0.1, 0.15) is 33.0 Å². The molecule has 0 radical (unpaired) electrons. The van der Waals surface area contributed by atoms with Crippen LogP contribution in [-0.4, -0.2) is 17.9 Å². The van der Waals surface area contributed by atoms with Crippen molar-refractivity contribution in [2.24, 2.45) is 5.41 Å². The fraction of sp³-hybridized carbons (Fsp3) is 0.179. The van der Waals surface area contributed by atoms with Crippen molar-refractivity contribution < 1.29 is 18.0 Å². The number of nitrogens with zero attached hydrogens (tertiary/aromatic N) is 3. The molecule has 172 valence electrons. The van der Waals surface area contributed by atoms with Crippen molar-refractivity contribution in [1.29, 1.82) is 10.5 Å². The summed E-state index contributed by atoms with van der Waals surface area (Å²) in [6, 6.07) is 22.6. The summed E-state index contributed by atoms with van der Waals surface area (Å²) in [4.78, 5) is 15.7. The predicted octanol–water partition coefficient (Wildman–Crippen LogP) is 5.99. The molecular formula is C28H18F3N3O. The van der Waals surface area contributed by atoms with E-state index in [-0.39, 0.29) is 11.3 Å². The summed E-state index contributed by atoms with van der Waals surface area (Å²) in [7, 11) is 0. The van der Waals surface area contributed by atoms with Gasteiger partial charge in [-0.25, -0.2) is 0 Å². The lowest BCUT2D eigenvalue weighted by molar-refractivity contribution is -0.137. The summed E-state index contributed by atoms with van der Waals surface area (Å²) < 4.78 is 40.8. The molecule has 1 saturated heterocycles. The Hall–Kier alpha value is -4.36. The third kappa shape index (κ3) is 3.40. The zero-order chi connectivity index (χ0) is 24.8. The van der Waals surface area contributed by atoms with Crippen LogP contribution in [0.2, 0.25) is 0 Å². The monoisotopic (exact) mass is 469 g/mol. The number of hydrogen-bond acceptors (Lipinski definition) is 4. The molecule has 4 nitrogen and oxygen atoms in total. The summed E-state index contributed by atoms with van der Waals surface area (Å²) in [5.41, 5.74) is -0.776. The quantitative estimate of drug-likeness (QED) is 0.442. The molecule has 0 amide bonds. The second kappa shape index (κ2) is 8.14. The largest absolute Gasteiger partial charge is 0.416 e. The first-order valence-corrected chi connectivity index (χ1v) is 11.0. The van der Waals surface area contributed by atoms with E-state index in [1.807, 2.05) is 12.1 Å². The third-order valence-corrected chi connectivity index (χ3v) is 6.82. The van der Waals surface area contributed by atoms with E-state index in [1.165, 1.54) is 12.1 Å². The Morgan fingerprint density at radius 3 is 2.29 bits per heavy atom. The second-order valence-corrected chi connectivity index (χ2v) is 8.64. The smallest absolute Gasteiger partial charge is 0.351 e. The molecular weight excluding hydrogens is 451 g/mol. The van der Waals surface area contributed by atoms with Gasteiger partial charge in [0.05, 0.1) is 23.7 Å². The lowest BCUT2D eigenvalue weighted by Gasteiger charge is -2.35. The number of nitriles is 2. The minimum atomic E-state index is -4.62. The summed E-state index contributed by atoms with van der Waals surface area (Å²) in [6.45, 7) is 0. The minimum Gasteiger partial charge on any atom is -0.351 e. The van der Waals surface area contributed by atoms with Crippen molar-refractivity contribution in [3.8, 4) is 12.1 Å². The molecule has 3 aromatic rings. The van der Waals surface area contributed by atoms with Gasteiger partial charge in [0, 0.05) is 17.2 Å². The number of fused-ring (bicyclic) bond motifs is 3. The summed E-state index contributed by atoms with van der Waals surface area (Å²) >= 11 is 0. The van der Waals surface area contributed by atoms with Crippen LogP contribution in [0, 0.1) is 28.1 Å². The van der Waals surface area contributed by atoms with Crippen LogP contribution >= 0.6 is 0 Å². The predicted molar refractivity (Wildman–Crippen MR) is 124 cm³/mol. The molecule has 2 aliphatic heterocycles. The lowest BCUT2D eigenvalue weighted by Crippen LogP contribution is -2.44. The van der Waals surface area contributed by atoms with E-state index in [2.05, 4.69) is 12.1 Å².